The van der Waals surface area contributed by atoms with Gasteiger partial charge in [-0.15, -0.1) is 0 Å². The average Bonchev–Trinajstić information content (AvgIpc) is 2.54. The van der Waals surface area contributed by atoms with E-state index in [1.54, 1.807) is 4.68 Å². The molecular weight excluding hydrogens is 202 g/mol. The summed E-state index contributed by atoms with van der Waals surface area (Å²) in [5.74, 6) is 0.918. The Morgan fingerprint density at radius 3 is 2.44 bits per heavy atom. The maximum absolute atomic E-state index is 11.1. The molecule has 4 nitrogen and oxygen atoms in total. The minimum Gasteiger partial charge on any atom is -0.356 e. The van der Waals surface area contributed by atoms with E-state index in [0.717, 1.165) is 30.6 Å². The first-order valence-corrected chi connectivity index (χ1v) is 5.78. The quantitative estimate of drug-likeness (QED) is 0.718. The average molecular weight is 223 g/mol. The molecule has 1 heterocycles. The van der Waals surface area contributed by atoms with Gasteiger partial charge in [0.05, 0.1) is 11.3 Å². The van der Waals surface area contributed by atoms with Crippen molar-refractivity contribution < 1.29 is 4.79 Å². The van der Waals surface area contributed by atoms with Crippen molar-refractivity contribution >= 4 is 12.1 Å². The van der Waals surface area contributed by atoms with Crippen molar-refractivity contribution in [3.63, 3.8) is 0 Å². The number of hydrogen-bond donors (Lipinski definition) is 0. The van der Waals surface area contributed by atoms with E-state index in [0.29, 0.717) is 11.6 Å². The van der Waals surface area contributed by atoms with Crippen molar-refractivity contribution in [1.82, 2.24) is 9.78 Å². The second kappa shape index (κ2) is 5.14. The Labute approximate surface area is 97.2 Å². The van der Waals surface area contributed by atoms with Crippen LogP contribution >= 0.6 is 0 Å². The van der Waals surface area contributed by atoms with Gasteiger partial charge in [-0.2, -0.15) is 5.10 Å². The fourth-order valence-electron chi connectivity index (χ4n) is 2.23. The van der Waals surface area contributed by atoms with Crippen LogP contribution in [0.25, 0.3) is 0 Å². The molecule has 0 saturated carbocycles. The van der Waals surface area contributed by atoms with E-state index in [2.05, 4.69) is 23.8 Å². The maximum atomic E-state index is 11.1. The van der Waals surface area contributed by atoms with Gasteiger partial charge in [0.15, 0.2) is 6.29 Å². The summed E-state index contributed by atoms with van der Waals surface area (Å²) in [6.45, 7) is 6.19. The minimum atomic E-state index is 0.452. The highest BCUT2D eigenvalue weighted by Gasteiger charge is 2.20. The molecule has 0 aliphatic rings. The lowest BCUT2D eigenvalue weighted by Gasteiger charge is -2.28. The smallest absolute Gasteiger partial charge is 0.155 e. The highest BCUT2D eigenvalue weighted by atomic mass is 16.1. The molecule has 0 aliphatic carbocycles. The summed E-state index contributed by atoms with van der Waals surface area (Å²) in [6.07, 6.45) is 3.03. The number of aldehydes is 1. The lowest BCUT2D eigenvalue weighted by Crippen LogP contribution is -2.32. The summed E-state index contributed by atoms with van der Waals surface area (Å²) in [5, 5.41) is 4.30. The first kappa shape index (κ1) is 12.7. The Morgan fingerprint density at radius 1 is 1.44 bits per heavy atom. The maximum Gasteiger partial charge on any atom is 0.155 e. The molecule has 1 aromatic heterocycles. The van der Waals surface area contributed by atoms with E-state index >= 15 is 0 Å². The normalized spacial score (nSPS) is 10.9. The molecular formula is C12H21N3O. The van der Waals surface area contributed by atoms with Crippen LogP contribution in [0.4, 0.5) is 5.82 Å². The molecule has 0 spiro atoms. The number of aryl methyl sites for hydroxylation is 2. The largest absolute Gasteiger partial charge is 0.356 e. The zero-order chi connectivity index (χ0) is 12.3. The van der Waals surface area contributed by atoms with E-state index < -0.39 is 0 Å². The van der Waals surface area contributed by atoms with Crippen molar-refractivity contribution in [3.05, 3.63) is 11.3 Å². The van der Waals surface area contributed by atoms with Crippen LogP contribution in [0.1, 0.15) is 42.7 Å². The molecule has 1 rings (SSSR count). The Hall–Kier alpha value is -1.32. The first-order valence-electron chi connectivity index (χ1n) is 5.78. The fraction of sp³-hybridized carbons (Fsp3) is 0.667. The molecule has 0 atom stereocenters. The lowest BCUT2D eigenvalue weighted by molar-refractivity contribution is 0.112. The molecule has 16 heavy (non-hydrogen) atoms. The molecule has 0 unspecified atom stereocenters. The molecule has 0 bridgehead atoms. The Bertz CT molecular complexity index is 367. The van der Waals surface area contributed by atoms with Gasteiger partial charge in [-0.05, 0) is 19.8 Å². The van der Waals surface area contributed by atoms with Crippen molar-refractivity contribution in [2.75, 3.05) is 11.9 Å². The molecule has 0 aromatic carbocycles. The van der Waals surface area contributed by atoms with Crippen molar-refractivity contribution in [2.24, 2.45) is 7.05 Å². The number of carbonyl (C=O) groups excluding carboxylic acids is 1. The third-order valence-corrected chi connectivity index (χ3v) is 3.18. The standard InChI is InChI=1S/C12H21N3O/c1-6-10(7-2)14(4)12-11(8-16)9(3)13-15(12)5/h8,10H,6-7H2,1-5H3. The number of aromatic nitrogens is 2. The topological polar surface area (TPSA) is 38.1 Å². The molecule has 0 aliphatic heterocycles. The second-order valence-corrected chi connectivity index (χ2v) is 4.15. The molecule has 1 aromatic rings. The molecule has 90 valence electrons. The summed E-state index contributed by atoms with van der Waals surface area (Å²) < 4.78 is 1.79. The van der Waals surface area contributed by atoms with Gasteiger partial charge in [0.25, 0.3) is 0 Å². The zero-order valence-corrected chi connectivity index (χ0v) is 10.8. The summed E-state index contributed by atoms with van der Waals surface area (Å²) in [5.41, 5.74) is 1.50. The Morgan fingerprint density at radius 2 is 2.00 bits per heavy atom. The number of hydrogen-bond acceptors (Lipinski definition) is 3. The van der Waals surface area contributed by atoms with E-state index in [-0.39, 0.29) is 0 Å². The van der Waals surface area contributed by atoms with Gasteiger partial charge in [0.1, 0.15) is 5.82 Å². The number of rotatable bonds is 5. The van der Waals surface area contributed by atoms with E-state index in [1.165, 1.54) is 0 Å². The van der Waals surface area contributed by atoms with Gasteiger partial charge >= 0.3 is 0 Å². The number of anilines is 1. The lowest BCUT2D eigenvalue weighted by atomic mass is 10.1. The van der Waals surface area contributed by atoms with Crippen LogP contribution in [0.2, 0.25) is 0 Å². The van der Waals surface area contributed by atoms with E-state index in [1.807, 2.05) is 21.0 Å². The van der Waals surface area contributed by atoms with Crippen LogP contribution in [0.5, 0.6) is 0 Å². The van der Waals surface area contributed by atoms with E-state index in [9.17, 15) is 4.79 Å². The zero-order valence-electron chi connectivity index (χ0n) is 10.8. The fourth-order valence-corrected chi connectivity index (χ4v) is 2.23. The van der Waals surface area contributed by atoms with Crippen molar-refractivity contribution in [3.8, 4) is 0 Å². The SMILES string of the molecule is CCC(CC)N(C)c1c(C=O)c(C)nn1C. The van der Waals surface area contributed by atoms with Crippen LogP contribution in [0.15, 0.2) is 0 Å². The van der Waals surface area contributed by atoms with Crippen LogP contribution < -0.4 is 4.90 Å². The predicted octanol–water partition coefficient (Wildman–Crippen LogP) is 2.17. The summed E-state index contributed by atoms with van der Waals surface area (Å²) >= 11 is 0. The summed E-state index contributed by atoms with van der Waals surface area (Å²) in [7, 11) is 3.91. The van der Waals surface area contributed by atoms with Crippen LogP contribution in [-0.4, -0.2) is 29.2 Å². The second-order valence-electron chi connectivity index (χ2n) is 4.15. The molecule has 0 radical (unpaired) electrons. The van der Waals surface area contributed by atoms with Gasteiger partial charge in [-0.25, -0.2) is 0 Å². The van der Waals surface area contributed by atoms with Gasteiger partial charge in [-0.3, -0.25) is 9.48 Å². The van der Waals surface area contributed by atoms with Crippen molar-refractivity contribution in [2.45, 2.75) is 39.7 Å². The minimum absolute atomic E-state index is 0.452. The number of carbonyl (C=O) groups is 1. The third kappa shape index (κ3) is 2.10. The molecule has 0 saturated heterocycles. The summed E-state index contributed by atoms with van der Waals surface area (Å²) in [4.78, 5) is 13.2. The van der Waals surface area contributed by atoms with Crippen LogP contribution in [0.3, 0.4) is 0 Å². The number of nitrogens with zero attached hydrogens (tertiary/aromatic N) is 3. The summed E-state index contributed by atoms with van der Waals surface area (Å²) in [6, 6.07) is 0.452. The molecule has 0 fully saturated rings. The third-order valence-electron chi connectivity index (χ3n) is 3.18. The van der Waals surface area contributed by atoms with Gasteiger partial charge in [0.2, 0.25) is 0 Å². The highest BCUT2D eigenvalue weighted by Crippen LogP contribution is 2.23. The molecule has 4 heteroatoms. The predicted molar refractivity (Wildman–Crippen MR) is 66.1 cm³/mol. The van der Waals surface area contributed by atoms with Crippen molar-refractivity contribution in [1.29, 1.82) is 0 Å². The first-order chi connectivity index (χ1) is 7.56. The van der Waals surface area contributed by atoms with Gasteiger partial charge in [-0.1, -0.05) is 13.8 Å². The molecule has 0 N–H and O–H groups in total. The van der Waals surface area contributed by atoms with E-state index in [4.69, 9.17) is 0 Å². The van der Waals surface area contributed by atoms with Crippen LogP contribution in [-0.2, 0) is 7.05 Å². The Balaban J connectivity index is 3.15. The van der Waals surface area contributed by atoms with Crippen LogP contribution in [0, 0.1) is 6.92 Å². The Kier molecular flexibility index (Phi) is 4.10. The monoisotopic (exact) mass is 223 g/mol. The van der Waals surface area contributed by atoms with Gasteiger partial charge in [0, 0.05) is 20.1 Å². The molecule has 0 amide bonds. The van der Waals surface area contributed by atoms with Gasteiger partial charge < -0.3 is 4.90 Å². The highest BCUT2D eigenvalue weighted by molar-refractivity contribution is 5.84.